The number of benzene rings is 1. The summed E-state index contributed by atoms with van der Waals surface area (Å²) in [5, 5.41) is 0. The second-order valence-electron chi connectivity index (χ2n) is 5.03. The van der Waals surface area contributed by atoms with Crippen molar-refractivity contribution in [3.05, 3.63) is 18.2 Å². The fourth-order valence-corrected chi connectivity index (χ4v) is 2.63. The van der Waals surface area contributed by atoms with E-state index < -0.39 is 10.0 Å². The van der Waals surface area contributed by atoms with E-state index in [9.17, 15) is 8.42 Å². The lowest BCUT2D eigenvalue weighted by atomic mass is 10.0. The summed E-state index contributed by atoms with van der Waals surface area (Å²) in [6.45, 7) is 6.41. The molecular weight excluding hydrogens is 262 g/mol. The SMILES string of the molecule is CNS(=O)(=O)c1ccc(N(C)C(C)C(C)C)cc1N. The van der Waals surface area contributed by atoms with E-state index in [2.05, 4.69) is 30.4 Å². The molecule has 0 heterocycles. The third kappa shape index (κ3) is 3.39. The average Bonchev–Trinajstić information content (AvgIpc) is 2.36. The molecule has 0 aliphatic carbocycles. The minimum Gasteiger partial charge on any atom is -0.398 e. The van der Waals surface area contributed by atoms with E-state index in [-0.39, 0.29) is 10.6 Å². The van der Waals surface area contributed by atoms with Crippen LogP contribution in [0.5, 0.6) is 0 Å². The Bertz CT molecular complexity index is 541. The molecule has 0 amide bonds. The van der Waals surface area contributed by atoms with Gasteiger partial charge in [-0.05, 0) is 38.1 Å². The molecular formula is C13H23N3O2S. The maximum atomic E-state index is 11.7. The van der Waals surface area contributed by atoms with Gasteiger partial charge in [0.25, 0.3) is 0 Å². The van der Waals surface area contributed by atoms with E-state index in [4.69, 9.17) is 5.73 Å². The van der Waals surface area contributed by atoms with Crippen LogP contribution in [-0.2, 0) is 10.0 Å². The summed E-state index contributed by atoms with van der Waals surface area (Å²) in [6.07, 6.45) is 0. The molecule has 108 valence electrons. The molecule has 1 aromatic rings. The van der Waals surface area contributed by atoms with Crippen LogP contribution in [0.1, 0.15) is 20.8 Å². The molecule has 0 saturated carbocycles. The van der Waals surface area contributed by atoms with Crippen molar-refractivity contribution in [2.75, 3.05) is 24.7 Å². The highest BCUT2D eigenvalue weighted by Gasteiger charge is 2.18. The number of anilines is 2. The quantitative estimate of drug-likeness (QED) is 0.807. The van der Waals surface area contributed by atoms with Crippen LogP contribution < -0.4 is 15.4 Å². The topological polar surface area (TPSA) is 75.4 Å². The predicted octanol–water partition coefficient (Wildman–Crippen LogP) is 1.66. The van der Waals surface area contributed by atoms with Gasteiger partial charge in [-0.25, -0.2) is 13.1 Å². The van der Waals surface area contributed by atoms with Gasteiger partial charge in [-0.2, -0.15) is 0 Å². The van der Waals surface area contributed by atoms with Gasteiger partial charge >= 0.3 is 0 Å². The molecule has 0 saturated heterocycles. The molecule has 5 nitrogen and oxygen atoms in total. The van der Waals surface area contributed by atoms with E-state index in [1.807, 2.05) is 7.05 Å². The number of hydrogen-bond acceptors (Lipinski definition) is 4. The summed E-state index contributed by atoms with van der Waals surface area (Å²) in [5.41, 5.74) is 7.02. The molecule has 3 N–H and O–H groups in total. The van der Waals surface area contributed by atoms with Crippen LogP contribution in [0.4, 0.5) is 11.4 Å². The standard InChI is InChI=1S/C13H23N3O2S/c1-9(2)10(3)16(5)11-6-7-13(12(14)8-11)19(17,18)15-4/h6-10,15H,14H2,1-5H3. The Hall–Kier alpha value is -1.27. The monoisotopic (exact) mass is 285 g/mol. The van der Waals surface area contributed by atoms with Crippen LogP contribution >= 0.6 is 0 Å². The third-order valence-electron chi connectivity index (χ3n) is 3.53. The molecule has 0 aliphatic rings. The molecule has 1 unspecified atom stereocenters. The number of sulfonamides is 1. The van der Waals surface area contributed by atoms with Crippen molar-refractivity contribution in [2.24, 2.45) is 5.92 Å². The Kier molecular flexibility index (Phi) is 4.81. The summed E-state index contributed by atoms with van der Waals surface area (Å²) in [5.74, 6) is 0.493. The lowest BCUT2D eigenvalue weighted by molar-refractivity contribution is 0.505. The van der Waals surface area contributed by atoms with Crippen molar-refractivity contribution in [1.82, 2.24) is 4.72 Å². The molecule has 1 aromatic carbocycles. The van der Waals surface area contributed by atoms with Crippen LogP contribution in [0.3, 0.4) is 0 Å². The molecule has 0 aromatic heterocycles. The first kappa shape index (κ1) is 15.8. The second kappa shape index (κ2) is 5.79. The first-order valence-electron chi connectivity index (χ1n) is 6.26. The van der Waals surface area contributed by atoms with Crippen molar-refractivity contribution in [2.45, 2.75) is 31.7 Å². The van der Waals surface area contributed by atoms with Gasteiger partial charge in [-0.3, -0.25) is 0 Å². The van der Waals surface area contributed by atoms with Crippen LogP contribution in [0.2, 0.25) is 0 Å². The van der Waals surface area contributed by atoms with Crippen molar-refractivity contribution >= 4 is 21.4 Å². The summed E-state index contributed by atoms with van der Waals surface area (Å²) in [6, 6.07) is 5.36. The molecule has 0 aliphatic heterocycles. The number of nitrogens with zero attached hydrogens (tertiary/aromatic N) is 1. The molecule has 0 spiro atoms. The number of nitrogens with one attached hydrogen (secondary N) is 1. The Balaban J connectivity index is 3.14. The largest absolute Gasteiger partial charge is 0.398 e. The van der Waals surface area contributed by atoms with Gasteiger partial charge in [0.15, 0.2) is 0 Å². The summed E-state index contributed by atoms with van der Waals surface area (Å²) < 4.78 is 25.7. The Morgan fingerprint density at radius 2 is 1.84 bits per heavy atom. The third-order valence-corrected chi connectivity index (χ3v) is 5.02. The van der Waals surface area contributed by atoms with Crippen molar-refractivity contribution < 1.29 is 8.42 Å². The zero-order valence-corrected chi connectivity index (χ0v) is 13.0. The van der Waals surface area contributed by atoms with Crippen LogP contribution in [0, 0.1) is 5.92 Å². The zero-order valence-electron chi connectivity index (χ0n) is 12.1. The van der Waals surface area contributed by atoms with E-state index in [1.54, 1.807) is 18.2 Å². The van der Waals surface area contributed by atoms with Gasteiger partial charge in [0.1, 0.15) is 4.90 Å². The van der Waals surface area contributed by atoms with Crippen molar-refractivity contribution in [1.29, 1.82) is 0 Å². The fraction of sp³-hybridized carbons (Fsp3) is 0.538. The summed E-state index contributed by atoms with van der Waals surface area (Å²) >= 11 is 0. The van der Waals surface area contributed by atoms with Crippen molar-refractivity contribution in [3.63, 3.8) is 0 Å². The molecule has 0 radical (unpaired) electrons. The first-order chi connectivity index (χ1) is 8.70. The maximum Gasteiger partial charge on any atom is 0.242 e. The molecule has 0 fully saturated rings. The molecule has 0 bridgehead atoms. The highest BCUT2D eigenvalue weighted by atomic mass is 32.2. The lowest BCUT2D eigenvalue weighted by Crippen LogP contribution is -2.33. The normalized spacial score (nSPS) is 13.6. The fourth-order valence-electron chi connectivity index (χ4n) is 1.79. The van der Waals surface area contributed by atoms with Crippen LogP contribution in [0.15, 0.2) is 23.1 Å². The molecule has 1 atom stereocenters. The zero-order chi connectivity index (χ0) is 14.8. The van der Waals surface area contributed by atoms with Crippen LogP contribution in [-0.4, -0.2) is 28.6 Å². The van der Waals surface area contributed by atoms with Crippen LogP contribution in [0.25, 0.3) is 0 Å². The minimum absolute atomic E-state index is 0.115. The second-order valence-corrected chi connectivity index (χ2v) is 6.88. The predicted molar refractivity (Wildman–Crippen MR) is 79.8 cm³/mol. The minimum atomic E-state index is -3.50. The molecule has 19 heavy (non-hydrogen) atoms. The Morgan fingerprint density at radius 3 is 2.26 bits per heavy atom. The van der Waals surface area contributed by atoms with Gasteiger partial charge in [-0.15, -0.1) is 0 Å². The summed E-state index contributed by atoms with van der Waals surface area (Å²) in [7, 11) is -0.153. The lowest BCUT2D eigenvalue weighted by Gasteiger charge is -2.30. The van der Waals surface area contributed by atoms with E-state index in [0.29, 0.717) is 12.0 Å². The molecule has 6 heteroatoms. The Morgan fingerprint density at radius 1 is 1.26 bits per heavy atom. The maximum absolute atomic E-state index is 11.7. The first-order valence-corrected chi connectivity index (χ1v) is 7.75. The van der Waals surface area contributed by atoms with E-state index in [1.165, 1.54) is 7.05 Å². The van der Waals surface area contributed by atoms with E-state index >= 15 is 0 Å². The van der Waals surface area contributed by atoms with Gasteiger partial charge in [0, 0.05) is 18.8 Å². The number of rotatable bonds is 5. The summed E-state index contributed by atoms with van der Waals surface area (Å²) in [4.78, 5) is 2.21. The average molecular weight is 285 g/mol. The van der Waals surface area contributed by atoms with Gasteiger partial charge < -0.3 is 10.6 Å². The van der Waals surface area contributed by atoms with E-state index in [0.717, 1.165) is 5.69 Å². The van der Waals surface area contributed by atoms with Gasteiger partial charge in [0.2, 0.25) is 10.0 Å². The highest BCUT2D eigenvalue weighted by Crippen LogP contribution is 2.26. The molecule has 1 rings (SSSR count). The van der Waals surface area contributed by atoms with Gasteiger partial charge in [-0.1, -0.05) is 13.8 Å². The Labute approximate surface area is 115 Å². The number of hydrogen-bond donors (Lipinski definition) is 2. The van der Waals surface area contributed by atoms with Crippen molar-refractivity contribution in [3.8, 4) is 0 Å². The van der Waals surface area contributed by atoms with Gasteiger partial charge in [0.05, 0.1) is 5.69 Å². The highest BCUT2D eigenvalue weighted by molar-refractivity contribution is 7.89. The number of nitrogens with two attached hydrogens (primary N) is 1. The smallest absolute Gasteiger partial charge is 0.242 e. The number of nitrogen functional groups attached to an aromatic ring is 1.